The highest BCUT2D eigenvalue weighted by Gasteiger charge is 2.34. The van der Waals surface area contributed by atoms with Crippen LogP contribution in [0.3, 0.4) is 0 Å². The van der Waals surface area contributed by atoms with Gasteiger partial charge in [0.15, 0.2) is 0 Å². The number of ketones is 1. The molecule has 2 aliphatic heterocycles. The van der Waals surface area contributed by atoms with Gasteiger partial charge >= 0.3 is 0 Å². The first kappa shape index (κ1) is 13.0. The van der Waals surface area contributed by atoms with Gasteiger partial charge < -0.3 is 10.1 Å². The molecule has 0 spiro atoms. The average molecular weight is 239 g/mol. The summed E-state index contributed by atoms with van der Waals surface area (Å²) in [6.45, 7) is 3.78. The van der Waals surface area contributed by atoms with Crippen LogP contribution in [0.15, 0.2) is 0 Å². The number of fused-ring (bicyclic) bond motifs is 2. The Morgan fingerprint density at radius 3 is 2.53 bits per heavy atom. The topological polar surface area (TPSA) is 38.3 Å². The van der Waals surface area contributed by atoms with Crippen LogP contribution in [0.25, 0.3) is 0 Å². The number of carbonyl (C=O) groups is 1. The minimum Gasteiger partial charge on any atom is -0.378 e. The third-order valence-electron chi connectivity index (χ3n) is 3.98. The van der Waals surface area contributed by atoms with E-state index < -0.39 is 0 Å². The van der Waals surface area contributed by atoms with Crippen LogP contribution < -0.4 is 5.32 Å². The highest BCUT2D eigenvalue weighted by Crippen LogP contribution is 2.26. The molecule has 2 rings (SSSR count). The average Bonchev–Trinajstić information content (AvgIpc) is 2.34. The van der Waals surface area contributed by atoms with Gasteiger partial charge in [0.05, 0.1) is 13.2 Å². The molecule has 0 saturated carbocycles. The summed E-state index contributed by atoms with van der Waals surface area (Å²) in [5.74, 6) is 0.802. The molecule has 3 nitrogen and oxygen atoms in total. The smallest absolute Gasteiger partial charge is 0.136 e. The number of carbonyl (C=O) groups excluding carboxylic acids is 1. The van der Waals surface area contributed by atoms with Crippen molar-refractivity contribution in [2.45, 2.75) is 64.0 Å². The van der Waals surface area contributed by atoms with Gasteiger partial charge in [-0.3, -0.25) is 4.79 Å². The maximum atomic E-state index is 12.1. The molecule has 98 valence electrons. The lowest BCUT2D eigenvalue weighted by molar-refractivity contribution is -0.126. The standard InChI is InChI=1S/C14H25NO2/c1-2-3-4-5-6-14(16)11-7-12-9-17-10-13(8-11)15-12/h11-13,15H,2-10H2,1H3. The minimum absolute atomic E-state index is 0.303. The molecule has 0 radical (unpaired) electrons. The van der Waals surface area contributed by atoms with Crippen LogP contribution in [0.1, 0.15) is 51.9 Å². The SMILES string of the molecule is CCCCCCC(=O)C1CC2COCC(C1)N2. The number of unbranched alkanes of at least 4 members (excludes halogenated alkanes) is 3. The van der Waals surface area contributed by atoms with Crippen molar-refractivity contribution >= 4 is 5.78 Å². The number of ether oxygens (including phenoxy) is 1. The summed E-state index contributed by atoms with van der Waals surface area (Å²) >= 11 is 0. The van der Waals surface area contributed by atoms with Gasteiger partial charge in [0.2, 0.25) is 0 Å². The van der Waals surface area contributed by atoms with Crippen molar-refractivity contribution in [3.8, 4) is 0 Å². The van der Waals surface area contributed by atoms with Crippen LogP contribution in [0.2, 0.25) is 0 Å². The summed E-state index contributed by atoms with van der Waals surface area (Å²) in [7, 11) is 0. The second-order valence-corrected chi connectivity index (χ2v) is 5.54. The Balaban J connectivity index is 1.72. The number of hydrogen-bond donors (Lipinski definition) is 1. The first-order valence-corrected chi connectivity index (χ1v) is 7.16. The molecule has 2 aliphatic rings. The van der Waals surface area contributed by atoms with Crippen LogP contribution in [0, 0.1) is 5.92 Å². The molecular formula is C14H25NO2. The van der Waals surface area contributed by atoms with Crippen molar-refractivity contribution in [2.75, 3.05) is 13.2 Å². The van der Waals surface area contributed by atoms with Gasteiger partial charge in [-0.05, 0) is 19.3 Å². The van der Waals surface area contributed by atoms with Crippen molar-refractivity contribution in [1.29, 1.82) is 0 Å². The van der Waals surface area contributed by atoms with Gasteiger partial charge in [0, 0.05) is 24.4 Å². The summed E-state index contributed by atoms with van der Waals surface area (Å²) < 4.78 is 5.50. The number of Topliss-reactive ketones (excluding diaryl/α,β-unsaturated/α-hetero) is 1. The predicted octanol–water partition coefficient (Wildman–Crippen LogP) is 2.29. The van der Waals surface area contributed by atoms with E-state index in [2.05, 4.69) is 12.2 Å². The van der Waals surface area contributed by atoms with Crippen LogP contribution in [-0.2, 0) is 9.53 Å². The lowest BCUT2D eigenvalue weighted by Crippen LogP contribution is -2.55. The summed E-state index contributed by atoms with van der Waals surface area (Å²) in [4.78, 5) is 12.1. The normalized spacial score (nSPS) is 32.4. The van der Waals surface area contributed by atoms with Crippen molar-refractivity contribution in [3.63, 3.8) is 0 Å². The Hall–Kier alpha value is -0.410. The zero-order chi connectivity index (χ0) is 12.1. The van der Waals surface area contributed by atoms with E-state index in [1.54, 1.807) is 0 Å². The van der Waals surface area contributed by atoms with Gasteiger partial charge in [-0.1, -0.05) is 26.2 Å². The lowest BCUT2D eigenvalue weighted by Gasteiger charge is -2.39. The van der Waals surface area contributed by atoms with Crippen molar-refractivity contribution < 1.29 is 9.53 Å². The zero-order valence-corrected chi connectivity index (χ0v) is 10.9. The molecule has 1 N–H and O–H groups in total. The van der Waals surface area contributed by atoms with Crippen LogP contribution in [-0.4, -0.2) is 31.1 Å². The zero-order valence-electron chi connectivity index (χ0n) is 10.9. The molecule has 2 saturated heterocycles. The Morgan fingerprint density at radius 2 is 1.88 bits per heavy atom. The minimum atomic E-state index is 0.303. The molecule has 0 aromatic rings. The number of hydrogen-bond acceptors (Lipinski definition) is 3. The monoisotopic (exact) mass is 239 g/mol. The predicted molar refractivity (Wildman–Crippen MR) is 68.0 cm³/mol. The quantitative estimate of drug-likeness (QED) is 0.723. The highest BCUT2D eigenvalue weighted by atomic mass is 16.5. The molecule has 2 unspecified atom stereocenters. The second kappa shape index (κ2) is 6.50. The fourth-order valence-corrected chi connectivity index (χ4v) is 3.03. The molecule has 0 aliphatic carbocycles. The molecule has 0 aromatic carbocycles. The van der Waals surface area contributed by atoms with Gasteiger partial charge in [-0.15, -0.1) is 0 Å². The summed E-state index contributed by atoms with van der Waals surface area (Å²) in [6.07, 6.45) is 7.57. The van der Waals surface area contributed by atoms with Crippen LogP contribution >= 0.6 is 0 Å². The first-order chi connectivity index (χ1) is 8.29. The molecule has 2 atom stereocenters. The summed E-state index contributed by atoms with van der Waals surface area (Å²) in [5, 5.41) is 3.54. The number of morpholine rings is 1. The fourth-order valence-electron chi connectivity index (χ4n) is 3.03. The maximum absolute atomic E-state index is 12.1. The van der Waals surface area contributed by atoms with Gasteiger partial charge in [0.25, 0.3) is 0 Å². The Labute approximate surface area is 104 Å². The molecular weight excluding hydrogens is 214 g/mol. The van der Waals surface area contributed by atoms with Gasteiger partial charge in [0.1, 0.15) is 5.78 Å². The van der Waals surface area contributed by atoms with E-state index in [-0.39, 0.29) is 0 Å². The van der Waals surface area contributed by atoms with Crippen molar-refractivity contribution in [2.24, 2.45) is 5.92 Å². The fraction of sp³-hybridized carbons (Fsp3) is 0.929. The Morgan fingerprint density at radius 1 is 1.18 bits per heavy atom. The largest absolute Gasteiger partial charge is 0.378 e. The molecule has 2 fully saturated rings. The van der Waals surface area contributed by atoms with E-state index in [1.807, 2.05) is 0 Å². The second-order valence-electron chi connectivity index (χ2n) is 5.54. The number of nitrogens with one attached hydrogen (secondary N) is 1. The Bertz CT molecular complexity index is 243. The molecule has 0 aromatic heterocycles. The summed E-state index contributed by atoms with van der Waals surface area (Å²) in [5.41, 5.74) is 0. The number of rotatable bonds is 6. The molecule has 3 heteroatoms. The van der Waals surface area contributed by atoms with Gasteiger partial charge in [-0.25, -0.2) is 0 Å². The van der Waals surface area contributed by atoms with Crippen molar-refractivity contribution in [3.05, 3.63) is 0 Å². The molecule has 2 bridgehead atoms. The maximum Gasteiger partial charge on any atom is 0.136 e. The van der Waals surface area contributed by atoms with E-state index in [1.165, 1.54) is 19.3 Å². The number of piperidine rings is 1. The van der Waals surface area contributed by atoms with E-state index in [4.69, 9.17) is 4.74 Å². The van der Waals surface area contributed by atoms with Crippen molar-refractivity contribution in [1.82, 2.24) is 5.32 Å². The highest BCUT2D eigenvalue weighted by molar-refractivity contribution is 5.81. The third-order valence-corrected chi connectivity index (χ3v) is 3.98. The van der Waals surface area contributed by atoms with E-state index in [9.17, 15) is 4.79 Å². The first-order valence-electron chi connectivity index (χ1n) is 7.16. The van der Waals surface area contributed by atoms with Crippen LogP contribution in [0.4, 0.5) is 0 Å². The van der Waals surface area contributed by atoms with E-state index in [0.29, 0.717) is 23.8 Å². The lowest BCUT2D eigenvalue weighted by atomic mass is 9.83. The third kappa shape index (κ3) is 3.78. The molecule has 17 heavy (non-hydrogen) atoms. The molecule has 2 heterocycles. The van der Waals surface area contributed by atoms with Crippen LogP contribution in [0.5, 0.6) is 0 Å². The Kier molecular flexibility index (Phi) is 4.99. The molecule has 0 amide bonds. The van der Waals surface area contributed by atoms with E-state index >= 15 is 0 Å². The summed E-state index contributed by atoms with van der Waals surface area (Å²) in [6, 6.07) is 0.846. The van der Waals surface area contributed by atoms with E-state index in [0.717, 1.165) is 38.9 Å². The van der Waals surface area contributed by atoms with Gasteiger partial charge in [-0.2, -0.15) is 0 Å².